The van der Waals surface area contributed by atoms with Crippen molar-refractivity contribution in [3.8, 4) is 11.3 Å². The number of anilines is 1. The quantitative estimate of drug-likeness (QED) is 0.436. The molecule has 1 amide bonds. The average Bonchev–Trinajstić information content (AvgIpc) is 3.39. The highest BCUT2D eigenvalue weighted by molar-refractivity contribution is 7.14. The first-order valence-electron chi connectivity index (χ1n) is 8.61. The molecule has 1 aromatic carbocycles. The minimum Gasteiger partial charge on any atom is -0.453 e. The van der Waals surface area contributed by atoms with Crippen molar-refractivity contribution in [3.05, 3.63) is 58.1 Å². The lowest BCUT2D eigenvalue weighted by molar-refractivity contribution is -0.153. The van der Waals surface area contributed by atoms with Gasteiger partial charge in [-0.25, -0.2) is 4.98 Å². The van der Waals surface area contributed by atoms with Crippen LogP contribution in [0.4, 0.5) is 5.13 Å². The Bertz CT molecular complexity index is 952. The molecule has 0 saturated heterocycles. The number of benzene rings is 1. The van der Waals surface area contributed by atoms with Gasteiger partial charge in [0.1, 0.15) is 0 Å². The van der Waals surface area contributed by atoms with E-state index in [0.29, 0.717) is 10.0 Å². The number of rotatable bonds is 8. The Morgan fingerprint density at radius 3 is 2.57 bits per heavy atom. The van der Waals surface area contributed by atoms with Crippen LogP contribution in [0.1, 0.15) is 29.4 Å². The second kappa shape index (κ2) is 9.38. The molecule has 0 spiro atoms. The van der Waals surface area contributed by atoms with Gasteiger partial charge in [-0.05, 0) is 18.4 Å². The number of nitrogens with one attached hydrogen (secondary N) is 1. The van der Waals surface area contributed by atoms with Crippen LogP contribution in [0.15, 0.2) is 53.2 Å². The number of esters is 1. The fraction of sp³-hybridized carbons (Fsp3) is 0.200. The second-order valence-electron chi connectivity index (χ2n) is 5.93. The third-order valence-corrected chi connectivity index (χ3v) is 5.50. The van der Waals surface area contributed by atoms with Crippen LogP contribution in [0.3, 0.4) is 0 Å². The molecule has 1 atom stereocenters. The van der Waals surface area contributed by atoms with Crippen molar-refractivity contribution in [1.82, 2.24) is 4.98 Å². The summed E-state index contributed by atoms with van der Waals surface area (Å²) in [5, 5.41) is 6.73. The molecule has 0 radical (unpaired) electrons. The molecule has 1 N–H and O–H groups in total. The van der Waals surface area contributed by atoms with Gasteiger partial charge in [-0.3, -0.25) is 19.7 Å². The summed E-state index contributed by atoms with van der Waals surface area (Å²) in [4.78, 5) is 41.0. The normalized spacial score (nSPS) is 11.6. The van der Waals surface area contributed by atoms with Crippen molar-refractivity contribution in [2.24, 2.45) is 0 Å². The van der Waals surface area contributed by atoms with Gasteiger partial charge in [0.15, 0.2) is 17.0 Å². The maximum atomic E-state index is 12.2. The first-order valence-corrected chi connectivity index (χ1v) is 10.4. The molecule has 3 rings (SSSR count). The number of ketones is 1. The summed E-state index contributed by atoms with van der Waals surface area (Å²) in [6, 6.07) is 13.1. The molecular formula is C20H18N2O4S2. The van der Waals surface area contributed by atoms with Crippen LogP contribution in [-0.2, 0) is 14.3 Å². The second-order valence-corrected chi connectivity index (χ2v) is 7.73. The van der Waals surface area contributed by atoms with Gasteiger partial charge >= 0.3 is 5.97 Å². The lowest BCUT2D eigenvalue weighted by atomic mass is 10.2. The largest absolute Gasteiger partial charge is 0.453 e. The summed E-state index contributed by atoms with van der Waals surface area (Å²) in [6.07, 6.45) is -0.988. The minimum atomic E-state index is -0.978. The van der Waals surface area contributed by atoms with E-state index in [9.17, 15) is 14.4 Å². The summed E-state index contributed by atoms with van der Waals surface area (Å²) in [6.45, 7) is 1.49. The predicted molar refractivity (Wildman–Crippen MR) is 110 cm³/mol. The van der Waals surface area contributed by atoms with Crippen molar-refractivity contribution in [2.75, 3.05) is 5.32 Å². The van der Waals surface area contributed by atoms with Gasteiger partial charge in [-0.1, -0.05) is 36.4 Å². The molecule has 3 aromatic rings. The third-order valence-electron chi connectivity index (χ3n) is 3.83. The molecule has 0 bridgehead atoms. The molecule has 1 unspecified atom stereocenters. The van der Waals surface area contributed by atoms with E-state index >= 15 is 0 Å². The van der Waals surface area contributed by atoms with Crippen LogP contribution in [0.5, 0.6) is 0 Å². The number of amides is 1. The lowest BCUT2D eigenvalue weighted by Crippen LogP contribution is -2.30. The number of carbonyl (C=O) groups excluding carboxylic acids is 3. The molecule has 0 aliphatic heterocycles. The zero-order valence-electron chi connectivity index (χ0n) is 15.1. The van der Waals surface area contributed by atoms with Crippen LogP contribution in [0, 0.1) is 0 Å². The summed E-state index contributed by atoms with van der Waals surface area (Å²) in [5.41, 5.74) is 1.71. The van der Waals surface area contributed by atoms with Crippen LogP contribution in [-0.4, -0.2) is 28.7 Å². The topological polar surface area (TPSA) is 85.4 Å². The first-order chi connectivity index (χ1) is 13.5. The summed E-state index contributed by atoms with van der Waals surface area (Å²) < 4.78 is 5.12. The van der Waals surface area contributed by atoms with Gasteiger partial charge in [0.05, 0.1) is 17.0 Å². The number of thiophene rings is 1. The van der Waals surface area contributed by atoms with Crippen molar-refractivity contribution < 1.29 is 19.1 Å². The zero-order chi connectivity index (χ0) is 19.9. The first kappa shape index (κ1) is 19.9. The fourth-order valence-corrected chi connectivity index (χ4v) is 3.78. The van der Waals surface area contributed by atoms with Crippen molar-refractivity contribution in [1.29, 1.82) is 0 Å². The number of hydrogen-bond acceptors (Lipinski definition) is 7. The van der Waals surface area contributed by atoms with Crippen LogP contribution in [0.25, 0.3) is 11.3 Å². The molecule has 0 aliphatic carbocycles. The zero-order valence-corrected chi connectivity index (χ0v) is 16.7. The van der Waals surface area contributed by atoms with Crippen molar-refractivity contribution in [3.63, 3.8) is 0 Å². The van der Waals surface area contributed by atoms with Gasteiger partial charge < -0.3 is 4.74 Å². The number of hydrogen-bond donors (Lipinski definition) is 1. The lowest BCUT2D eigenvalue weighted by Gasteiger charge is -2.12. The number of carbonyl (C=O) groups is 3. The van der Waals surface area contributed by atoms with Crippen LogP contribution < -0.4 is 5.32 Å². The number of thiazole rings is 1. The number of nitrogens with zero attached hydrogens (tertiary/aromatic N) is 1. The van der Waals surface area contributed by atoms with E-state index in [-0.39, 0.29) is 18.6 Å². The number of ether oxygens (including phenoxy) is 1. The van der Waals surface area contributed by atoms with E-state index < -0.39 is 18.0 Å². The molecule has 144 valence electrons. The molecule has 0 saturated carbocycles. The molecule has 28 heavy (non-hydrogen) atoms. The highest BCUT2D eigenvalue weighted by Crippen LogP contribution is 2.24. The molecule has 0 fully saturated rings. The van der Waals surface area contributed by atoms with Crippen LogP contribution in [0.2, 0.25) is 0 Å². The monoisotopic (exact) mass is 414 g/mol. The van der Waals surface area contributed by atoms with E-state index in [1.54, 1.807) is 17.5 Å². The van der Waals surface area contributed by atoms with E-state index in [4.69, 9.17) is 4.74 Å². The van der Waals surface area contributed by atoms with E-state index in [0.717, 1.165) is 11.3 Å². The predicted octanol–water partition coefficient (Wildman–Crippen LogP) is 4.40. The van der Waals surface area contributed by atoms with E-state index in [2.05, 4.69) is 10.3 Å². The Morgan fingerprint density at radius 2 is 1.86 bits per heavy atom. The van der Waals surface area contributed by atoms with Gasteiger partial charge in [0.2, 0.25) is 0 Å². The highest BCUT2D eigenvalue weighted by Gasteiger charge is 2.20. The molecule has 0 aliphatic rings. The van der Waals surface area contributed by atoms with Crippen LogP contribution >= 0.6 is 22.7 Å². The maximum Gasteiger partial charge on any atom is 0.307 e. The fourth-order valence-electron chi connectivity index (χ4n) is 2.37. The smallest absolute Gasteiger partial charge is 0.307 e. The Labute approximate surface area is 170 Å². The molecule has 2 aromatic heterocycles. The minimum absolute atomic E-state index is 0.0562. The van der Waals surface area contributed by atoms with Gasteiger partial charge in [-0.2, -0.15) is 0 Å². The highest BCUT2D eigenvalue weighted by atomic mass is 32.1. The summed E-state index contributed by atoms with van der Waals surface area (Å²) >= 11 is 2.63. The van der Waals surface area contributed by atoms with E-state index in [1.165, 1.54) is 29.6 Å². The summed E-state index contributed by atoms with van der Waals surface area (Å²) in [5.74, 6) is -1.16. The Kier molecular flexibility index (Phi) is 6.67. The molecule has 6 nitrogen and oxygen atoms in total. The number of Topliss-reactive ketones (excluding diaryl/α,β-unsaturated/α-hetero) is 1. The van der Waals surface area contributed by atoms with Gasteiger partial charge in [0.25, 0.3) is 5.91 Å². The maximum absolute atomic E-state index is 12.2. The Hall–Kier alpha value is -2.84. The summed E-state index contributed by atoms with van der Waals surface area (Å²) in [7, 11) is 0. The van der Waals surface area contributed by atoms with Crippen molar-refractivity contribution in [2.45, 2.75) is 25.9 Å². The van der Waals surface area contributed by atoms with Crippen molar-refractivity contribution >= 4 is 45.5 Å². The average molecular weight is 415 g/mol. The standard InChI is InChI=1S/C20H18N2O4S2/c1-13(26-18(24)10-9-16(23)17-8-5-11-27-17)19(25)22-20-21-15(12-28-20)14-6-3-2-4-7-14/h2-8,11-13H,9-10H2,1H3,(H,21,22,25). The Morgan fingerprint density at radius 1 is 1.07 bits per heavy atom. The van der Waals surface area contributed by atoms with Gasteiger partial charge in [0, 0.05) is 17.4 Å². The Balaban J connectivity index is 1.47. The number of aromatic nitrogens is 1. The van der Waals surface area contributed by atoms with Gasteiger partial charge in [-0.15, -0.1) is 22.7 Å². The van der Waals surface area contributed by atoms with E-state index in [1.807, 2.05) is 35.7 Å². The molecule has 2 heterocycles. The SMILES string of the molecule is CC(OC(=O)CCC(=O)c1cccs1)C(=O)Nc1nc(-c2ccccc2)cs1. The molecule has 8 heteroatoms. The third kappa shape index (κ3) is 5.34. The molecular weight excluding hydrogens is 396 g/mol.